The van der Waals surface area contributed by atoms with Gasteiger partial charge in [0.15, 0.2) is 36.8 Å². The van der Waals surface area contributed by atoms with Gasteiger partial charge in [-0.25, -0.2) is 9.37 Å². The van der Waals surface area contributed by atoms with Crippen LogP contribution in [0.25, 0.3) is 11.2 Å². The van der Waals surface area contributed by atoms with Crippen molar-refractivity contribution in [3.05, 3.63) is 6.33 Å². The monoisotopic (exact) mass is 414 g/mol. The Morgan fingerprint density at radius 2 is 2.29 bits per heavy atom. The van der Waals surface area contributed by atoms with E-state index in [4.69, 9.17) is 26.2 Å². The maximum Gasteiger partial charge on any atom is 0.505 e. The van der Waals surface area contributed by atoms with Gasteiger partial charge in [-0.15, -0.1) is 10.9 Å². The van der Waals surface area contributed by atoms with Crippen LogP contribution < -0.4 is 10.5 Å². The Kier molecular flexibility index (Phi) is 5.22. The van der Waals surface area contributed by atoms with Crippen LogP contribution in [-0.2, 0) is 13.8 Å². The number of alkyl halides is 1. The van der Waals surface area contributed by atoms with Gasteiger partial charge < -0.3 is 25.4 Å². The summed E-state index contributed by atoms with van der Waals surface area (Å²) >= 11 is 0. The summed E-state index contributed by atoms with van der Waals surface area (Å²) in [5.41, 5.74) is 3.36. The van der Waals surface area contributed by atoms with Crippen molar-refractivity contribution in [3.63, 3.8) is 0 Å². The summed E-state index contributed by atoms with van der Waals surface area (Å²) in [6, 6.07) is 0. The lowest BCUT2D eigenvalue weighted by Crippen LogP contribution is -2.50. The van der Waals surface area contributed by atoms with Crippen molar-refractivity contribution in [1.29, 1.82) is 0 Å². The van der Waals surface area contributed by atoms with E-state index in [0.29, 0.717) is 0 Å². The van der Waals surface area contributed by atoms with Gasteiger partial charge in [0.25, 0.3) is 5.85 Å². The Morgan fingerprint density at radius 1 is 1.57 bits per heavy atom. The Labute approximate surface area is 159 Å². The van der Waals surface area contributed by atoms with E-state index in [2.05, 4.69) is 15.0 Å². The molecular weight excluding hydrogens is 396 g/mol. The zero-order valence-corrected chi connectivity index (χ0v) is 15.8. The van der Waals surface area contributed by atoms with Crippen LogP contribution in [0.15, 0.2) is 6.33 Å². The number of ether oxygens (including phenoxy) is 2. The zero-order chi connectivity index (χ0) is 20.7. The van der Waals surface area contributed by atoms with Crippen molar-refractivity contribution in [2.24, 2.45) is 0 Å². The number of anilines is 1. The van der Waals surface area contributed by atoms with Gasteiger partial charge in [-0.3, -0.25) is 4.57 Å². The van der Waals surface area contributed by atoms with Crippen molar-refractivity contribution >= 4 is 25.1 Å². The van der Waals surface area contributed by atoms with Gasteiger partial charge in [-0.2, -0.15) is 9.97 Å². The Balaban J connectivity index is 2.09. The van der Waals surface area contributed by atoms with Gasteiger partial charge in [0, 0.05) is 0 Å². The quantitative estimate of drug-likeness (QED) is 0.438. The standard InChI is InChI=1S/C15H18FN5O6P/c1-4-14(23)11(22)15(16,6-26-28(3)24)27-12(14)21-7-18-8-9(21)19-13(17)20-10(8)25-5-2/h1,7,11-12,22-23H,5-6H2,2-3H3,(H2,17,19,20)/q+1/t11-,12+,14+,15+/m0/s1. The van der Waals surface area contributed by atoms with Gasteiger partial charge in [-0.1, -0.05) is 5.92 Å². The molecule has 1 aliphatic heterocycles. The van der Waals surface area contributed by atoms with Crippen LogP contribution in [-0.4, -0.2) is 67.2 Å². The minimum Gasteiger partial charge on any atom is -0.476 e. The molecule has 0 aliphatic carbocycles. The number of aliphatic hydroxyl groups excluding tert-OH is 1. The van der Waals surface area contributed by atoms with Crippen LogP contribution in [0, 0.1) is 12.3 Å². The van der Waals surface area contributed by atoms with E-state index in [-0.39, 0.29) is 29.6 Å². The Hall–Kier alpha value is -2.42. The number of rotatable bonds is 6. The van der Waals surface area contributed by atoms with Gasteiger partial charge in [0.05, 0.1) is 12.9 Å². The molecule has 11 nitrogen and oxygen atoms in total. The average molecular weight is 414 g/mol. The molecule has 1 aliphatic rings. The fraction of sp³-hybridized carbons (Fsp3) is 0.533. The summed E-state index contributed by atoms with van der Waals surface area (Å²) in [6.45, 7) is 2.27. The first-order chi connectivity index (χ1) is 13.2. The lowest BCUT2D eigenvalue weighted by atomic mass is 9.94. The number of imidazole rings is 1. The number of terminal acetylenes is 1. The topological polar surface area (TPSA) is 155 Å². The normalized spacial score (nSPS) is 30.4. The molecule has 3 rings (SSSR count). The summed E-state index contributed by atoms with van der Waals surface area (Å²) in [6.07, 6.45) is 2.66. The predicted molar refractivity (Wildman–Crippen MR) is 94.1 cm³/mol. The van der Waals surface area contributed by atoms with Crippen molar-refractivity contribution in [3.8, 4) is 18.2 Å². The maximum absolute atomic E-state index is 15.2. The van der Waals surface area contributed by atoms with E-state index >= 15 is 4.39 Å². The fourth-order valence-corrected chi connectivity index (χ4v) is 3.19. The molecule has 0 saturated carbocycles. The van der Waals surface area contributed by atoms with Crippen LogP contribution in [0.4, 0.5) is 10.3 Å². The molecule has 28 heavy (non-hydrogen) atoms. The highest BCUT2D eigenvalue weighted by Gasteiger charge is 2.66. The molecule has 2 aromatic heterocycles. The molecule has 0 bridgehead atoms. The van der Waals surface area contributed by atoms with Crippen molar-refractivity contribution < 1.29 is 33.2 Å². The molecule has 150 valence electrons. The van der Waals surface area contributed by atoms with E-state index in [1.54, 1.807) is 6.92 Å². The molecule has 0 amide bonds. The van der Waals surface area contributed by atoms with Gasteiger partial charge in [0.1, 0.15) is 0 Å². The minimum absolute atomic E-state index is 0.0357. The second-order valence-corrected chi connectivity index (χ2v) is 7.12. The van der Waals surface area contributed by atoms with Crippen LogP contribution in [0.5, 0.6) is 5.88 Å². The minimum atomic E-state index is -2.94. The number of hydrogen-bond donors (Lipinski definition) is 3. The summed E-state index contributed by atoms with van der Waals surface area (Å²) in [7, 11) is -2.19. The van der Waals surface area contributed by atoms with Gasteiger partial charge >= 0.3 is 8.03 Å². The van der Waals surface area contributed by atoms with Crippen molar-refractivity contribution in [2.45, 2.75) is 30.7 Å². The highest BCUT2D eigenvalue weighted by Crippen LogP contribution is 2.47. The summed E-state index contributed by atoms with van der Waals surface area (Å²) in [5, 5.41) is 21.1. The first-order valence-corrected chi connectivity index (χ1v) is 9.70. The number of fused-ring (bicyclic) bond motifs is 1. The number of aromatic nitrogens is 4. The molecule has 13 heteroatoms. The van der Waals surface area contributed by atoms with Crippen molar-refractivity contribution in [2.75, 3.05) is 25.6 Å². The highest BCUT2D eigenvalue weighted by molar-refractivity contribution is 7.38. The smallest absolute Gasteiger partial charge is 0.476 e. The first-order valence-electron chi connectivity index (χ1n) is 8.07. The number of nitrogens with zero attached hydrogens (tertiary/aromatic N) is 4. The molecule has 1 unspecified atom stereocenters. The fourth-order valence-electron chi connectivity index (χ4n) is 2.83. The summed E-state index contributed by atoms with van der Waals surface area (Å²) in [4.78, 5) is 12.0. The zero-order valence-electron chi connectivity index (χ0n) is 14.9. The summed E-state index contributed by atoms with van der Waals surface area (Å²) in [5.74, 6) is -1.09. The predicted octanol–water partition coefficient (Wildman–Crippen LogP) is 0.116. The lowest BCUT2D eigenvalue weighted by Gasteiger charge is -2.26. The maximum atomic E-state index is 15.2. The molecule has 0 radical (unpaired) electrons. The van der Waals surface area contributed by atoms with E-state index < -0.39 is 38.4 Å². The number of aliphatic hydroxyl groups is 2. The number of halogens is 1. The molecule has 4 N–H and O–H groups in total. The Bertz CT molecular complexity index is 966. The molecular formula is C15H18FN5O6P+. The molecule has 3 heterocycles. The second kappa shape index (κ2) is 7.20. The molecule has 1 fully saturated rings. The summed E-state index contributed by atoms with van der Waals surface area (Å²) < 4.78 is 42.8. The second-order valence-electron chi connectivity index (χ2n) is 5.99. The number of hydrogen-bond acceptors (Lipinski definition) is 10. The third kappa shape index (κ3) is 3.17. The molecule has 0 spiro atoms. The third-order valence-electron chi connectivity index (χ3n) is 4.12. The van der Waals surface area contributed by atoms with Crippen LogP contribution >= 0.6 is 8.03 Å². The largest absolute Gasteiger partial charge is 0.505 e. The van der Waals surface area contributed by atoms with E-state index in [0.717, 1.165) is 10.9 Å². The Morgan fingerprint density at radius 3 is 2.89 bits per heavy atom. The van der Waals surface area contributed by atoms with Crippen LogP contribution in [0.2, 0.25) is 0 Å². The lowest BCUT2D eigenvalue weighted by molar-refractivity contribution is -0.201. The van der Waals surface area contributed by atoms with Gasteiger partial charge in [-0.05, 0) is 11.5 Å². The SMILES string of the molecule is C#C[C@]1(O)[C@H](n2cnc3c(OCC)nc(N)nc32)O[C@](F)(CO[P+](C)=O)[C@H]1O. The average Bonchev–Trinajstić information content (AvgIpc) is 3.14. The number of nitrogens with two attached hydrogens (primary N) is 1. The highest BCUT2D eigenvalue weighted by atomic mass is 31.1. The van der Waals surface area contributed by atoms with Gasteiger partial charge in [0.2, 0.25) is 17.4 Å². The van der Waals surface area contributed by atoms with E-state index in [9.17, 15) is 14.8 Å². The van der Waals surface area contributed by atoms with E-state index in [1.165, 1.54) is 6.66 Å². The van der Waals surface area contributed by atoms with Crippen LogP contribution in [0.3, 0.4) is 0 Å². The molecule has 0 aromatic carbocycles. The molecule has 1 saturated heterocycles. The first kappa shape index (κ1) is 20.3. The number of nitrogen functional groups attached to an aromatic ring is 1. The van der Waals surface area contributed by atoms with Crippen molar-refractivity contribution in [1.82, 2.24) is 19.5 Å². The van der Waals surface area contributed by atoms with Crippen LogP contribution in [0.1, 0.15) is 13.2 Å². The third-order valence-corrected chi connectivity index (χ3v) is 4.62. The van der Waals surface area contributed by atoms with E-state index in [1.807, 2.05) is 5.92 Å². The molecule has 5 atom stereocenters. The molecule has 2 aromatic rings.